The Balaban J connectivity index is 1.88. The number of carboxylic acids is 1. The van der Waals surface area contributed by atoms with Gasteiger partial charge in [-0.05, 0) is 29.8 Å². The third kappa shape index (κ3) is 2.54. The highest BCUT2D eigenvalue weighted by atomic mass is 35.5. The van der Waals surface area contributed by atoms with E-state index >= 15 is 0 Å². The number of hydrogen-bond donors (Lipinski definition) is 1. The number of carboxylic acid groups (broad SMARTS) is 1. The quantitative estimate of drug-likeness (QED) is 0.808. The maximum atomic E-state index is 13.5. The smallest absolute Gasteiger partial charge is 0.317 e. The zero-order valence-electron chi connectivity index (χ0n) is 11.5. The number of halogens is 4. The fraction of sp³-hybridized carbons (Fsp3) is 0.188. The molecule has 2 aromatic rings. The summed E-state index contributed by atoms with van der Waals surface area (Å²) in [6, 6.07) is 9.13. The van der Waals surface area contributed by atoms with E-state index in [0.717, 1.165) is 12.1 Å². The maximum Gasteiger partial charge on any atom is 0.317 e. The SMILES string of the molecule is O=C(O)C1(c2ccc(Oc3c(F)cccc3F)cc2)CC1(Cl)Cl. The zero-order valence-corrected chi connectivity index (χ0v) is 13.0. The number of alkyl halides is 2. The molecule has 0 aliphatic heterocycles. The molecule has 0 spiro atoms. The number of ether oxygens (including phenoxy) is 1. The maximum absolute atomic E-state index is 13.5. The van der Waals surface area contributed by atoms with Crippen molar-refractivity contribution < 1.29 is 23.4 Å². The Morgan fingerprint density at radius 1 is 1.09 bits per heavy atom. The molecular formula is C16H10Cl2F2O3. The van der Waals surface area contributed by atoms with Gasteiger partial charge in [-0.15, -0.1) is 0 Å². The van der Waals surface area contributed by atoms with Gasteiger partial charge in [0.15, 0.2) is 17.4 Å². The molecule has 3 nitrogen and oxygen atoms in total. The Bertz CT molecular complexity index is 757. The second kappa shape index (κ2) is 5.35. The normalized spacial score (nSPS) is 21.7. The lowest BCUT2D eigenvalue weighted by Crippen LogP contribution is -2.26. The van der Waals surface area contributed by atoms with Gasteiger partial charge in [0.1, 0.15) is 15.5 Å². The minimum Gasteiger partial charge on any atom is -0.480 e. The lowest BCUT2D eigenvalue weighted by molar-refractivity contribution is -0.140. The van der Waals surface area contributed by atoms with Gasteiger partial charge >= 0.3 is 5.97 Å². The van der Waals surface area contributed by atoms with E-state index in [1.807, 2.05) is 0 Å². The van der Waals surface area contributed by atoms with E-state index in [9.17, 15) is 18.7 Å². The largest absolute Gasteiger partial charge is 0.480 e. The third-order valence-corrected chi connectivity index (χ3v) is 4.75. The molecule has 1 unspecified atom stereocenters. The van der Waals surface area contributed by atoms with Crippen molar-refractivity contribution in [2.75, 3.05) is 0 Å². The first-order valence-corrected chi connectivity index (χ1v) is 7.37. The molecule has 0 saturated heterocycles. The molecule has 1 N–H and O–H groups in total. The number of aliphatic carboxylic acids is 1. The Labute approximate surface area is 140 Å². The van der Waals surface area contributed by atoms with E-state index in [2.05, 4.69) is 0 Å². The number of para-hydroxylation sites is 1. The van der Waals surface area contributed by atoms with Crippen LogP contribution in [0.15, 0.2) is 42.5 Å². The Morgan fingerprint density at radius 3 is 2.04 bits per heavy atom. The molecule has 1 fully saturated rings. The molecule has 120 valence electrons. The molecule has 0 bridgehead atoms. The number of hydrogen-bond acceptors (Lipinski definition) is 2. The summed E-state index contributed by atoms with van der Waals surface area (Å²) in [7, 11) is 0. The van der Waals surface area contributed by atoms with Crippen molar-refractivity contribution in [1.82, 2.24) is 0 Å². The van der Waals surface area contributed by atoms with E-state index in [1.165, 1.54) is 30.3 Å². The van der Waals surface area contributed by atoms with Crippen LogP contribution in [0.2, 0.25) is 0 Å². The van der Waals surface area contributed by atoms with Gasteiger partial charge in [-0.2, -0.15) is 0 Å². The fourth-order valence-electron chi connectivity index (χ4n) is 2.46. The molecule has 7 heteroatoms. The Morgan fingerprint density at radius 2 is 1.61 bits per heavy atom. The second-order valence-corrected chi connectivity index (χ2v) is 6.75. The number of benzene rings is 2. The summed E-state index contributed by atoms with van der Waals surface area (Å²) in [4.78, 5) is 11.5. The molecule has 1 saturated carbocycles. The minimum absolute atomic E-state index is 0.0839. The summed E-state index contributed by atoms with van der Waals surface area (Å²) in [6.07, 6.45) is 0.0839. The molecule has 0 radical (unpaired) electrons. The average molecular weight is 359 g/mol. The van der Waals surface area contributed by atoms with E-state index in [1.54, 1.807) is 0 Å². The van der Waals surface area contributed by atoms with Gasteiger partial charge in [0.05, 0.1) is 0 Å². The first-order valence-electron chi connectivity index (χ1n) is 6.61. The number of rotatable bonds is 4. The van der Waals surface area contributed by atoms with Crippen LogP contribution in [0.1, 0.15) is 12.0 Å². The highest BCUT2D eigenvalue weighted by molar-refractivity contribution is 6.54. The van der Waals surface area contributed by atoms with Crippen LogP contribution in [-0.4, -0.2) is 15.4 Å². The summed E-state index contributed by atoms with van der Waals surface area (Å²) >= 11 is 11.9. The fourth-order valence-corrected chi connectivity index (χ4v) is 3.24. The summed E-state index contributed by atoms with van der Waals surface area (Å²) in [5.74, 6) is -3.16. The van der Waals surface area contributed by atoms with Crippen LogP contribution >= 0.6 is 23.2 Å². The Hall–Kier alpha value is -1.85. The number of carbonyl (C=O) groups is 1. The monoisotopic (exact) mass is 358 g/mol. The molecule has 1 aliphatic rings. The predicted molar refractivity (Wildman–Crippen MR) is 81.2 cm³/mol. The molecule has 2 aromatic carbocycles. The van der Waals surface area contributed by atoms with Crippen molar-refractivity contribution in [2.24, 2.45) is 0 Å². The van der Waals surface area contributed by atoms with Crippen molar-refractivity contribution in [3.05, 3.63) is 59.7 Å². The molecular weight excluding hydrogens is 349 g/mol. The van der Waals surface area contributed by atoms with Gasteiger partial charge in [0, 0.05) is 6.42 Å². The highest BCUT2D eigenvalue weighted by Gasteiger charge is 2.72. The van der Waals surface area contributed by atoms with Crippen molar-refractivity contribution in [1.29, 1.82) is 0 Å². The van der Waals surface area contributed by atoms with Gasteiger partial charge in [0.2, 0.25) is 0 Å². The van der Waals surface area contributed by atoms with Crippen molar-refractivity contribution in [2.45, 2.75) is 16.2 Å². The van der Waals surface area contributed by atoms with Gasteiger partial charge in [0.25, 0.3) is 0 Å². The van der Waals surface area contributed by atoms with E-state index < -0.39 is 33.1 Å². The summed E-state index contributed by atoms with van der Waals surface area (Å²) in [5, 5.41) is 9.37. The van der Waals surface area contributed by atoms with Crippen LogP contribution in [0.5, 0.6) is 11.5 Å². The van der Waals surface area contributed by atoms with Crippen molar-refractivity contribution in [3.63, 3.8) is 0 Å². The van der Waals surface area contributed by atoms with Crippen LogP contribution < -0.4 is 4.74 Å². The van der Waals surface area contributed by atoms with Crippen molar-refractivity contribution in [3.8, 4) is 11.5 Å². The minimum atomic E-state index is -1.38. The molecule has 0 aromatic heterocycles. The van der Waals surface area contributed by atoms with Crippen LogP contribution in [0.25, 0.3) is 0 Å². The van der Waals surface area contributed by atoms with E-state index in [0.29, 0.717) is 5.56 Å². The van der Waals surface area contributed by atoms with Gasteiger partial charge in [-0.25, -0.2) is 8.78 Å². The zero-order chi connectivity index (χ0) is 16.8. The first kappa shape index (κ1) is 16.0. The molecule has 1 aliphatic carbocycles. The van der Waals surface area contributed by atoms with E-state index in [-0.39, 0.29) is 12.2 Å². The van der Waals surface area contributed by atoms with Crippen molar-refractivity contribution >= 4 is 29.2 Å². The standard InChI is InChI=1S/C16H10Cl2F2O3/c17-16(18)8-15(16,14(21)22)9-4-6-10(7-5-9)23-13-11(19)2-1-3-12(13)20/h1-7H,8H2,(H,21,22). The third-order valence-electron chi connectivity index (χ3n) is 3.84. The molecule has 0 amide bonds. The van der Waals surface area contributed by atoms with E-state index in [4.69, 9.17) is 27.9 Å². The Kier molecular flexibility index (Phi) is 3.73. The van der Waals surface area contributed by atoms with Gasteiger partial charge in [-0.1, -0.05) is 41.4 Å². The van der Waals surface area contributed by atoms with Crippen LogP contribution in [0.3, 0.4) is 0 Å². The van der Waals surface area contributed by atoms with Gasteiger partial charge < -0.3 is 9.84 Å². The van der Waals surface area contributed by atoms with Crippen LogP contribution in [0.4, 0.5) is 8.78 Å². The highest BCUT2D eigenvalue weighted by Crippen LogP contribution is 2.65. The average Bonchev–Trinajstić information content (AvgIpc) is 3.08. The lowest BCUT2D eigenvalue weighted by Gasteiger charge is -2.14. The summed E-state index contributed by atoms with van der Waals surface area (Å²) in [6.45, 7) is 0. The van der Waals surface area contributed by atoms with Crippen LogP contribution in [-0.2, 0) is 10.2 Å². The molecule has 0 heterocycles. The summed E-state index contributed by atoms with van der Waals surface area (Å²) < 4.78 is 30.9. The summed E-state index contributed by atoms with van der Waals surface area (Å²) in [5.41, 5.74) is -0.978. The lowest BCUT2D eigenvalue weighted by atomic mass is 9.96. The first-order chi connectivity index (χ1) is 10.8. The van der Waals surface area contributed by atoms with Crippen LogP contribution in [0, 0.1) is 11.6 Å². The molecule has 1 atom stereocenters. The molecule has 23 heavy (non-hydrogen) atoms. The topological polar surface area (TPSA) is 46.5 Å². The second-order valence-electron chi connectivity index (χ2n) is 5.27. The predicted octanol–water partition coefficient (Wildman–Crippen LogP) is 4.66. The van der Waals surface area contributed by atoms with Gasteiger partial charge in [-0.3, -0.25) is 4.79 Å². The molecule has 3 rings (SSSR count).